The van der Waals surface area contributed by atoms with Crippen LogP contribution in [-0.2, 0) is 23.0 Å². The first-order valence-corrected chi connectivity index (χ1v) is 13.4. The number of piperidine rings is 1. The van der Waals surface area contributed by atoms with Crippen molar-refractivity contribution in [3.05, 3.63) is 53.7 Å². The van der Waals surface area contributed by atoms with Crippen LogP contribution < -0.4 is 9.64 Å². The van der Waals surface area contributed by atoms with E-state index in [2.05, 4.69) is 58.1 Å². The molecule has 0 bridgehead atoms. The normalized spacial score (nSPS) is 19.2. The number of hydrogen-bond acceptors (Lipinski definition) is 6. The lowest BCUT2D eigenvalue weighted by Crippen LogP contribution is -2.47. The van der Waals surface area contributed by atoms with Gasteiger partial charge in [-0.1, -0.05) is 25.1 Å². The molecule has 0 aliphatic carbocycles. The highest BCUT2D eigenvalue weighted by Gasteiger charge is 2.24. The molecule has 2 saturated heterocycles. The molecule has 0 radical (unpaired) electrons. The maximum absolute atomic E-state index is 11.7. The zero-order chi connectivity index (χ0) is 22.6. The van der Waals surface area contributed by atoms with Crippen molar-refractivity contribution in [3.63, 3.8) is 0 Å². The van der Waals surface area contributed by atoms with Gasteiger partial charge in [0.1, 0.15) is 17.7 Å². The van der Waals surface area contributed by atoms with Crippen molar-refractivity contribution >= 4 is 15.8 Å². The summed E-state index contributed by atoms with van der Waals surface area (Å²) in [6, 6.07) is 12.6. The van der Waals surface area contributed by atoms with Gasteiger partial charge in [0.05, 0.1) is 6.26 Å². The van der Waals surface area contributed by atoms with Gasteiger partial charge in [0.2, 0.25) is 10.0 Å². The molecule has 8 heteroatoms. The Bertz CT molecular complexity index is 963. The molecule has 2 aromatic rings. The van der Waals surface area contributed by atoms with Gasteiger partial charge in [-0.3, -0.25) is 4.90 Å². The SMILES string of the molecule is CCc1ccc(N2CCC(Oc3ccc(CN4CCN(S(C)(=O)=O)CC4)cc3)CC2)nc1. The average Bonchev–Trinajstić information content (AvgIpc) is 2.81. The zero-order valence-corrected chi connectivity index (χ0v) is 19.9. The van der Waals surface area contributed by atoms with E-state index in [9.17, 15) is 8.42 Å². The highest BCUT2D eigenvalue weighted by Crippen LogP contribution is 2.23. The molecule has 7 nitrogen and oxygen atoms in total. The predicted molar refractivity (Wildman–Crippen MR) is 128 cm³/mol. The summed E-state index contributed by atoms with van der Waals surface area (Å²) in [5, 5.41) is 0. The Morgan fingerprint density at radius 3 is 2.16 bits per heavy atom. The fourth-order valence-corrected chi connectivity index (χ4v) is 5.19. The minimum Gasteiger partial charge on any atom is -0.490 e. The Kier molecular flexibility index (Phi) is 7.33. The second-order valence-electron chi connectivity index (χ2n) is 8.76. The molecule has 174 valence electrons. The standard InChI is InChI=1S/C24H34N4O3S/c1-3-20-6-9-24(25-18-20)27-12-10-23(11-13-27)31-22-7-4-21(5-8-22)19-26-14-16-28(17-15-26)32(2,29)30/h4-9,18,23H,3,10-17,19H2,1-2H3. The molecule has 0 N–H and O–H groups in total. The smallest absolute Gasteiger partial charge is 0.211 e. The summed E-state index contributed by atoms with van der Waals surface area (Å²) in [5.41, 5.74) is 2.49. The monoisotopic (exact) mass is 458 g/mol. The number of nitrogens with zero attached hydrogens (tertiary/aromatic N) is 4. The van der Waals surface area contributed by atoms with Gasteiger partial charge in [-0.2, -0.15) is 4.31 Å². The second-order valence-corrected chi connectivity index (χ2v) is 10.7. The van der Waals surface area contributed by atoms with Crippen LogP contribution >= 0.6 is 0 Å². The summed E-state index contributed by atoms with van der Waals surface area (Å²) >= 11 is 0. The molecule has 0 amide bonds. The van der Waals surface area contributed by atoms with E-state index < -0.39 is 10.0 Å². The molecule has 0 saturated carbocycles. The molecule has 1 aromatic heterocycles. The maximum Gasteiger partial charge on any atom is 0.211 e. The lowest BCUT2D eigenvalue weighted by Gasteiger charge is -2.33. The Morgan fingerprint density at radius 2 is 1.59 bits per heavy atom. The van der Waals surface area contributed by atoms with Gasteiger partial charge in [0.25, 0.3) is 0 Å². The molecular weight excluding hydrogens is 424 g/mol. The van der Waals surface area contributed by atoms with Crippen molar-refractivity contribution in [2.45, 2.75) is 38.8 Å². The Labute approximate surface area is 192 Å². The molecular formula is C24H34N4O3S. The van der Waals surface area contributed by atoms with Gasteiger partial charge < -0.3 is 9.64 Å². The first-order chi connectivity index (χ1) is 15.4. The van der Waals surface area contributed by atoms with E-state index in [0.717, 1.165) is 63.6 Å². The molecule has 1 aromatic carbocycles. The number of pyridine rings is 1. The summed E-state index contributed by atoms with van der Waals surface area (Å²) < 4.78 is 31.1. The number of rotatable bonds is 7. The van der Waals surface area contributed by atoms with Crippen molar-refractivity contribution in [2.24, 2.45) is 0 Å². The van der Waals surface area contributed by atoms with Crippen molar-refractivity contribution in [1.82, 2.24) is 14.2 Å². The van der Waals surface area contributed by atoms with Crippen molar-refractivity contribution in [1.29, 1.82) is 0 Å². The van der Waals surface area contributed by atoms with Gasteiger partial charge in [-0.15, -0.1) is 0 Å². The van der Waals surface area contributed by atoms with Crippen molar-refractivity contribution < 1.29 is 13.2 Å². The van der Waals surface area contributed by atoms with Crippen LogP contribution in [0.3, 0.4) is 0 Å². The number of anilines is 1. The molecule has 2 aliphatic heterocycles. The van der Waals surface area contributed by atoms with Crippen LogP contribution in [0.15, 0.2) is 42.6 Å². The van der Waals surface area contributed by atoms with E-state index in [1.165, 1.54) is 17.4 Å². The van der Waals surface area contributed by atoms with E-state index in [1.54, 1.807) is 4.31 Å². The first kappa shape index (κ1) is 23.0. The van der Waals surface area contributed by atoms with E-state index in [4.69, 9.17) is 4.74 Å². The second kappa shape index (κ2) is 10.2. The van der Waals surface area contributed by atoms with Crippen LogP contribution in [0.25, 0.3) is 0 Å². The number of aromatic nitrogens is 1. The average molecular weight is 459 g/mol. The molecule has 32 heavy (non-hydrogen) atoms. The van der Waals surface area contributed by atoms with Gasteiger partial charge in [-0.25, -0.2) is 13.4 Å². The van der Waals surface area contributed by atoms with Crippen LogP contribution in [0.2, 0.25) is 0 Å². The molecule has 0 unspecified atom stereocenters. The molecule has 2 fully saturated rings. The van der Waals surface area contributed by atoms with Gasteiger partial charge in [0.15, 0.2) is 0 Å². The van der Waals surface area contributed by atoms with Crippen LogP contribution in [0.1, 0.15) is 30.9 Å². The zero-order valence-electron chi connectivity index (χ0n) is 19.1. The van der Waals surface area contributed by atoms with Crippen LogP contribution in [-0.4, -0.2) is 74.2 Å². The topological polar surface area (TPSA) is 66.0 Å². The number of ether oxygens (including phenoxy) is 1. The highest BCUT2D eigenvalue weighted by atomic mass is 32.2. The third-order valence-electron chi connectivity index (χ3n) is 6.42. The van der Waals surface area contributed by atoms with Gasteiger partial charge >= 0.3 is 0 Å². The van der Waals surface area contributed by atoms with Crippen molar-refractivity contribution in [3.8, 4) is 5.75 Å². The largest absolute Gasteiger partial charge is 0.490 e. The number of aryl methyl sites for hydroxylation is 1. The lowest BCUT2D eigenvalue weighted by molar-refractivity contribution is 0.170. The molecule has 0 spiro atoms. The molecule has 2 aliphatic rings. The molecule has 4 rings (SSSR count). The number of hydrogen-bond donors (Lipinski definition) is 0. The van der Waals surface area contributed by atoms with E-state index in [-0.39, 0.29) is 6.10 Å². The molecule has 0 atom stereocenters. The lowest BCUT2D eigenvalue weighted by atomic mass is 10.1. The van der Waals surface area contributed by atoms with E-state index >= 15 is 0 Å². The van der Waals surface area contributed by atoms with Crippen LogP contribution in [0.4, 0.5) is 5.82 Å². The van der Waals surface area contributed by atoms with E-state index in [0.29, 0.717) is 13.1 Å². The van der Waals surface area contributed by atoms with Gasteiger partial charge in [-0.05, 0) is 35.7 Å². The minimum absolute atomic E-state index is 0.232. The summed E-state index contributed by atoms with van der Waals surface area (Å²) in [5.74, 6) is 1.97. The quantitative estimate of drug-likeness (QED) is 0.636. The third-order valence-corrected chi connectivity index (χ3v) is 7.72. The van der Waals surface area contributed by atoms with Crippen molar-refractivity contribution in [2.75, 3.05) is 50.4 Å². The van der Waals surface area contributed by atoms with E-state index in [1.807, 2.05) is 6.20 Å². The summed E-state index contributed by atoms with van der Waals surface area (Å²) in [6.45, 7) is 7.56. The number of piperazine rings is 1. The Morgan fingerprint density at radius 1 is 0.938 bits per heavy atom. The first-order valence-electron chi connectivity index (χ1n) is 11.5. The highest BCUT2D eigenvalue weighted by molar-refractivity contribution is 7.88. The number of sulfonamides is 1. The summed E-state index contributed by atoms with van der Waals surface area (Å²) in [7, 11) is -3.08. The third kappa shape index (κ3) is 5.99. The number of benzene rings is 1. The minimum atomic E-state index is -3.08. The van der Waals surface area contributed by atoms with Gasteiger partial charge in [0, 0.05) is 64.9 Å². The van der Waals surface area contributed by atoms with Crippen LogP contribution in [0, 0.1) is 0 Å². The maximum atomic E-state index is 11.7. The Balaban J connectivity index is 1.22. The Hall–Kier alpha value is -2.16. The predicted octanol–water partition coefficient (Wildman–Crippen LogP) is 2.77. The fourth-order valence-electron chi connectivity index (χ4n) is 4.36. The molecule has 3 heterocycles. The summed E-state index contributed by atoms with van der Waals surface area (Å²) in [6.07, 6.45) is 6.49. The van der Waals surface area contributed by atoms with Crippen LogP contribution in [0.5, 0.6) is 5.75 Å². The fraction of sp³-hybridized carbons (Fsp3) is 0.542. The summed E-state index contributed by atoms with van der Waals surface area (Å²) in [4.78, 5) is 9.24.